The van der Waals surface area contributed by atoms with Gasteiger partial charge >= 0.3 is 0 Å². The maximum absolute atomic E-state index is 14.0. The summed E-state index contributed by atoms with van der Waals surface area (Å²) < 4.78 is 39.2. The summed E-state index contributed by atoms with van der Waals surface area (Å²) >= 11 is 3.25. The molecule has 2 aromatic heterocycles. The van der Waals surface area contributed by atoms with Crippen LogP contribution in [0.25, 0.3) is 17.0 Å². The number of nitrogens with zero attached hydrogens (tertiary/aromatic N) is 2. The highest BCUT2D eigenvalue weighted by Gasteiger charge is 2.21. The molecule has 1 unspecified atom stereocenters. The minimum atomic E-state index is -0.542. The number of methoxy groups -OCH3 is 1. The standard InChI is InChI=1S/C22H18BrF2N3O2/c1-29-20-9-16(30-12-14-2-4-15(23)8-18(14)24)5-6-17(20)19-11-27-22(28-19)13-3-7-21(25)26-10-13/h2-8,10-11,16H,9,12H2,1H3,(H,27,28). The van der Waals surface area contributed by atoms with E-state index in [9.17, 15) is 8.78 Å². The summed E-state index contributed by atoms with van der Waals surface area (Å²) in [7, 11) is 1.60. The molecule has 0 radical (unpaired) electrons. The van der Waals surface area contributed by atoms with E-state index in [0.717, 1.165) is 17.0 Å². The van der Waals surface area contributed by atoms with E-state index in [1.165, 1.54) is 18.3 Å². The van der Waals surface area contributed by atoms with Crippen molar-refractivity contribution in [1.29, 1.82) is 0 Å². The molecular weight excluding hydrogens is 456 g/mol. The maximum Gasteiger partial charge on any atom is 0.212 e. The molecule has 0 spiro atoms. The second-order valence-electron chi connectivity index (χ2n) is 6.70. The molecule has 1 aliphatic rings. The Morgan fingerprint density at radius 2 is 2.03 bits per heavy atom. The summed E-state index contributed by atoms with van der Waals surface area (Å²) in [6.07, 6.45) is 7.18. The molecule has 0 amide bonds. The van der Waals surface area contributed by atoms with E-state index in [2.05, 4.69) is 30.9 Å². The lowest BCUT2D eigenvalue weighted by molar-refractivity contribution is 0.0599. The van der Waals surface area contributed by atoms with Crippen LogP contribution in [0, 0.1) is 11.8 Å². The predicted molar refractivity (Wildman–Crippen MR) is 112 cm³/mol. The van der Waals surface area contributed by atoms with E-state index in [1.54, 1.807) is 31.5 Å². The number of ether oxygens (including phenoxy) is 2. The van der Waals surface area contributed by atoms with Gasteiger partial charge in [-0.1, -0.05) is 34.1 Å². The second-order valence-corrected chi connectivity index (χ2v) is 7.62. The van der Waals surface area contributed by atoms with Crippen LogP contribution in [-0.4, -0.2) is 28.2 Å². The van der Waals surface area contributed by atoms with Crippen molar-refractivity contribution < 1.29 is 18.3 Å². The molecule has 0 bridgehead atoms. The fourth-order valence-electron chi connectivity index (χ4n) is 3.16. The third-order valence-electron chi connectivity index (χ3n) is 4.75. The molecule has 1 atom stereocenters. The van der Waals surface area contributed by atoms with Crippen LogP contribution < -0.4 is 0 Å². The molecule has 1 aliphatic carbocycles. The number of pyridine rings is 1. The first kappa shape index (κ1) is 20.4. The van der Waals surface area contributed by atoms with E-state index in [-0.39, 0.29) is 18.5 Å². The number of benzene rings is 1. The first-order valence-corrected chi connectivity index (χ1v) is 10.0. The van der Waals surface area contributed by atoms with Crippen molar-refractivity contribution in [3.05, 3.63) is 88.1 Å². The Hall–Kier alpha value is -2.84. The van der Waals surface area contributed by atoms with Gasteiger partial charge in [-0.25, -0.2) is 14.4 Å². The summed E-state index contributed by atoms with van der Waals surface area (Å²) in [5, 5.41) is 0. The number of imidazole rings is 1. The monoisotopic (exact) mass is 473 g/mol. The van der Waals surface area contributed by atoms with Gasteiger partial charge in [0.2, 0.25) is 5.95 Å². The number of allylic oxidation sites excluding steroid dienone is 2. The number of halogens is 3. The van der Waals surface area contributed by atoms with Crippen molar-refractivity contribution in [3.8, 4) is 11.4 Å². The quantitative estimate of drug-likeness (QED) is 0.485. The number of H-pyrrole nitrogens is 1. The van der Waals surface area contributed by atoms with E-state index in [1.807, 2.05) is 12.2 Å². The first-order chi connectivity index (χ1) is 14.5. The van der Waals surface area contributed by atoms with Crippen molar-refractivity contribution in [2.24, 2.45) is 0 Å². The topological polar surface area (TPSA) is 60.0 Å². The van der Waals surface area contributed by atoms with Gasteiger partial charge in [-0.05, 0) is 24.3 Å². The van der Waals surface area contributed by atoms with Crippen LogP contribution in [0.15, 0.2) is 65.1 Å². The molecular formula is C22H18BrF2N3O2. The summed E-state index contributed by atoms with van der Waals surface area (Å²) in [6.45, 7) is 0.159. The fraction of sp³-hybridized carbons (Fsp3) is 0.182. The number of nitrogens with one attached hydrogen (secondary N) is 1. The number of aromatic amines is 1. The molecule has 4 rings (SSSR count). The molecule has 5 nitrogen and oxygen atoms in total. The van der Waals surface area contributed by atoms with Gasteiger partial charge in [-0.15, -0.1) is 0 Å². The normalized spacial score (nSPS) is 16.2. The van der Waals surface area contributed by atoms with Crippen LogP contribution in [0.5, 0.6) is 0 Å². The zero-order chi connectivity index (χ0) is 21.1. The van der Waals surface area contributed by atoms with Crippen molar-refractivity contribution >= 4 is 21.5 Å². The maximum atomic E-state index is 14.0. The molecule has 30 heavy (non-hydrogen) atoms. The highest BCUT2D eigenvalue weighted by molar-refractivity contribution is 9.10. The molecule has 1 aromatic carbocycles. The Morgan fingerprint density at radius 3 is 2.77 bits per heavy atom. The van der Waals surface area contributed by atoms with E-state index < -0.39 is 5.95 Å². The van der Waals surface area contributed by atoms with Gasteiger partial charge in [0.05, 0.1) is 31.7 Å². The second kappa shape index (κ2) is 8.89. The molecule has 1 N–H and O–H groups in total. The van der Waals surface area contributed by atoms with Gasteiger partial charge in [0.1, 0.15) is 17.4 Å². The Kier molecular flexibility index (Phi) is 6.06. The molecule has 8 heteroatoms. The molecule has 2 heterocycles. The fourth-order valence-corrected chi connectivity index (χ4v) is 3.49. The van der Waals surface area contributed by atoms with Crippen LogP contribution in [0.2, 0.25) is 0 Å². The van der Waals surface area contributed by atoms with Gasteiger partial charge in [0.15, 0.2) is 0 Å². The number of aromatic nitrogens is 3. The highest BCUT2D eigenvalue weighted by Crippen LogP contribution is 2.30. The SMILES string of the molecule is COC1=C(c2cnc(-c3ccc(F)nc3)[nH]2)C=CC(OCc2ccc(Br)cc2F)C1. The Morgan fingerprint density at radius 1 is 1.17 bits per heavy atom. The lowest BCUT2D eigenvalue weighted by atomic mass is 10.0. The molecule has 0 fully saturated rings. The number of rotatable bonds is 6. The summed E-state index contributed by atoms with van der Waals surface area (Å²) in [5.74, 6) is 0.455. The minimum absolute atomic E-state index is 0.159. The van der Waals surface area contributed by atoms with Crippen LogP contribution in [-0.2, 0) is 16.1 Å². The first-order valence-electron chi connectivity index (χ1n) is 9.21. The average molecular weight is 474 g/mol. The smallest absolute Gasteiger partial charge is 0.212 e. The zero-order valence-electron chi connectivity index (χ0n) is 16.0. The predicted octanol–water partition coefficient (Wildman–Crippen LogP) is 5.42. The van der Waals surface area contributed by atoms with Crippen LogP contribution in [0.1, 0.15) is 17.7 Å². The third-order valence-corrected chi connectivity index (χ3v) is 5.24. The van der Waals surface area contributed by atoms with E-state index >= 15 is 0 Å². The summed E-state index contributed by atoms with van der Waals surface area (Å²) in [4.78, 5) is 11.2. The van der Waals surface area contributed by atoms with Crippen molar-refractivity contribution in [3.63, 3.8) is 0 Å². The zero-order valence-corrected chi connectivity index (χ0v) is 17.6. The largest absolute Gasteiger partial charge is 0.500 e. The summed E-state index contributed by atoms with van der Waals surface area (Å²) in [5.41, 5.74) is 2.78. The van der Waals surface area contributed by atoms with Crippen LogP contribution in [0.3, 0.4) is 0 Å². The molecule has 154 valence electrons. The third kappa shape index (κ3) is 4.49. The Labute approximate surface area is 180 Å². The average Bonchev–Trinajstić information content (AvgIpc) is 3.23. The number of hydrogen-bond acceptors (Lipinski definition) is 4. The molecule has 0 aliphatic heterocycles. The van der Waals surface area contributed by atoms with E-state index in [4.69, 9.17) is 9.47 Å². The van der Waals surface area contributed by atoms with Gasteiger partial charge in [-0.2, -0.15) is 4.39 Å². The number of hydrogen-bond donors (Lipinski definition) is 1. The highest BCUT2D eigenvalue weighted by atomic mass is 79.9. The van der Waals surface area contributed by atoms with Gasteiger partial charge in [0.25, 0.3) is 0 Å². The van der Waals surface area contributed by atoms with Crippen molar-refractivity contribution in [1.82, 2.24) is 15.0 Å². The lowest BCUT2D eigenvalue weighted by Crippen LogP contribution is -2.16. The van der Waals surface area contributed by atoms with Crippen LogP contribution in [0.4, 0.5) is 8.78 Å². The molecule has 0 saturated carbocycles. The Balaban J connectivity index is 1.47. The van der Waals surface area contributed by atoms with Crippen LogP contribution >= 0.6 is 15.9 Å². The molecule has 0 saturated heterocycles. The van der Waals surface area contributed by atoms with E-state index in [0.29, 0.717) is 27.8 Å². The summed E-state index contributed by atoms with van der Waals surface area (Å²) in [6, 6.07) is 7.79. The van der Waals surface area contributed by atoms with Crippen molar-refractivity contribution in [2.45, 2.75) is 19.1 Å². The lowest BCUT2D eigenvalue weighted by Gasteiger charge is -2.21. The van der Waals surface area contributed by atoms with Gasteiger partial charge in [-0.3, -0.25) is 0 Å². The molecule has 3 aromatic rings. The van der Waals surface area contributed by atoms with Gasteiger partial charge in [0, 0.05) is 33.8 Å². The van der Waals surface area contributed by atoms with Crippen molar-refractivity contribution in [2.75, 3.05) is 7.11 Å². The van der Waals surface area contributed by atoms with Gasteiger partial charge < -0.3 is 14.5 Å². The Bertz CT molecular complexity index is 1110. The minimum Gasteiger partial charge on any atom is -0.500 e.